The molecule has 0 spiro atoms. The van der Waals surface area contributed by atoms with Gasteiger partial charge in [0.2, 0.25) is 5.91 Å². The van der Waals surface area contributed by atoms with Crippen molar-refractivity contribution in [1.29, 1.82) is 0 Å². The van der Waals surface area contributed by atoms with E-state index in [0.717, 1.165) is 47.5 Å². The highest BCUT2D eigenvalue weighted by Crippen LogP contribution is 2.22. The molecule has 0 bridgehead atoms. The molecule has 1 amide bonds. The summed E-state index contributed by atoms with van der Waals surface area (Å²) in [6.07, 6.45) is 0. The number of carbonyl (C=O) groups excluding carboxylic acids is 1. The average molecular weight is 416 g/mol. The Balaban J connectivity index is 1.53. The molecule has 5 heteroatoms. The van der Waals surface area contributed by atoms with Crippen molar-refractivity contribution in [2.45, 2.75) is 20.8 Å². The summed E-state index contributed by atoms with van der Waals surface area (Å²) in [4.78, 5) is 17.1. The van der Waals surface area contributed by atoms with Gasteiger partial charge in [-0.2, -0.15) is 0 Å². The molecule has 0 aliphatic carbocycles. The number of aryl methyl sites for hydroxylation is 3. The fourth-order valence-electron chi connectivity index (χ4n) is 3.58. The van der Waals surface area contributed by atoms with Crippen molar-refractivity contribution >= 4 is 33.2 Å². The van der Waals surface area contributed by atoms with Crippen LogP contribution in [-0.4, -0.2) is 43.5 Å². The van der Waals surface area contributed by atoms with E-state index in [1.54, 1.807) is 0 Å². The number of piperazine rings is 1. The highest BCUT2D eigenvalue weighted by atomic mass is 79.9. The second-order valence-corrected chi connectivity index (χ2v) is 7.98. The molecule has 2 aromatic rings. The van der Waals surface area contributed by atoms with Crippen molar-refractivity contribution in [3.63, 3.8) is 0 Å². The number of halogens is 1. The van der Waals surface area contributed by atoms with Gasteiger partial charge in [-0.25, -0.2) is 0 Å². The summed E-state index contributed by atoms with van der Waals surface area (Å²) in [6, 6.07) is 12.6. The molecule has 3 rings (SSSR count). The average Bonchev–Trinajstić information content (AvgIpc) is 2.59. The number of nitrogens with one attached hydrogen (secondary N) is 1. The first-order valence-electron chi connectivity index (χ1n) is 9.03. The van der Waals surface area contributed by atoms with Gasteiger partial charge in [-0.1, -0.05) is 33.6 Å². The van der Waals surface area contributed by atoms with E-state index in [1.807, 2.05) is 13.8 Å². The lowest BCUT2D eigenvalue weighted by Crippen LogP contribution is -2.48. The van der Waals surface area contributed by atoms with Crippen LogP contribution in [0.2, 0.25) is 0 Å². The van der Waals surface area contributed by atoms with E-state index in [2.05, 4.69) is 74.4 Å². The summed E-state index contributed by atoms with van der Waals surface area (Å²) in [5, 5.41) is 3.10. The number of anilines is 2. The maximum atomic E-state index is 12.5. The van der Waals surface area contributed by atoms with Crippen molar-refractivity contribution < 1.29 is 4.79 Å². The van der Waals surface area contributed by atoms with Crippen molar-refractivity contribution in [2.24, 2.45) is 0 Å². The molecular weight excluding hydrogens is 390 g/mol. The number of hydrogen-bond acceptors (Lipinski definition) is 3. The Morgan fingerprint density at radius 1 is 1.00 bits per heavy atom. The van der Waals surface area contributed by atoms with Crippen LogP contribution in [0.3, 0.4) is 0 Å². The van der Waals surface area contributed by atoms with E-state index >= 15 is 0 Å². The molecule has 2 aromatic carbocycles. The quantitative estimate of drug-likeness (QED) is 0.814. The second-order valence-electron chi connectivity index (χ2n) is 7.06. The van der Waals surface area contributed by atoms with Gasteiger partial charge in [-0.3, -0.25) is 9.69 Å². The molecular formula is C21H26BrN3O. The van der Waals surface area contributed by atoms with Gasteiger partial charge in [0.25, 0.3) is 0 Å². The van der Waals surface area contributed by atoms with Gasteiger partial charge >= 0.3 is 0 Å². The summed E-state index contributed by atoms with van der Waals surface area (Å²) < 4.78 is 1.10. The fourth-order valence-corrected chi connectivity index (χ4v) is 3.84. The van der Waals surface area contributed by atoms with Gasteiger partial charge < -0.3 is 10.2 Å². The van der Waals surface area contributed by atoms with Gasteiger partial charge in [0.1, 0.15) is 0 Å². The Kier molecular flexibility index (Phi) is 5.99. The van der Waals surface area contributed by atoms with Crippen molar-refractivity contribution in [3.05, 3.63) is 57.6 Å². The number of amides is 1. The molecule has 4 nitrogen and oxygen atoms in total. The zero-order valence-corrected chi connectivity index (χ0v) is 17.3. The molecule has 1 N–H and O–H groups in total. The SMILES string of the molecule is Cc1cc(C)c(NC(=O)CN2CCN(c3ccc(Br)cc3)CC2)c(C)c1. The largest absolute Gasteiger partial charge is 0.369 e. The molecule has 1 aliphatic rings. The van der Waals surface area contributed by atoms with Gasteiger partial charge in [0.05, 0.1) is 6.54 Å². The fraction of sp³-hybridized carbons (Fsp3) is 0.381. The zero-order chi connectivity index (χ0) is 18.7. The van der Waals surface area contributed by atoms with Crippen LogP contribution in [0.5, 0.6) is 0 Å². The summed E-state index contributed by atoms with van der Waals surface area (Å²) in [5.74, 6) is 0.0668. The van der Waals surface area contributed by atoms with Crippen LogP contribution in [0.25, 0.3) is 0 Å². The topological polar surface area (TPSA) is 35.6 Å². The van der Waals surface area contributed by atoms with Crippen molar-refractivity contribution in [1.82, 2.24) is 4.90 Å². The standard InChI is InChI=1S/C21H26BrN3O/c1-15-12-16(2)21(17(3)13-15)23-20(26)14-24-8-10-25(11-9-24)19-6-4-18(22)5-7-19/h4-7,12-13H,8-11,14H2,1-3H3,(H,23,26). The number of hydrogen-bond donors (Lipinski definition) is 1. The molecule has 0 aromatic heterocycles. The highest BCUT2D eigenvalue weighted by Gasteiger charge is 2.19. The van der Waals surface area contributed by atoms with Crippen LogP contribution >= 0.6 is 15.9 Å². The van der Waals surface area contributed by atoms with Crippen LogP contribution in [0.15, 0.2) is 40.9 Å². The normalized spacial score (nSPS) is 15.2. The molecule has 0 saturated carbocycles. The lowest BCUT2D eigenvalue weighted by Gasteiger charge is -2.35. The van der Waals surface area contributed by atoms with Crippen LogP contribution in [0.1, 0.15) is 16.7 Å². The van der Waals surface area contributed by atoms with Crippen molar-refractivity contribution in [3.8, 4) is 0 Å². The maximum Gasteiger partial charge on any atom is 0.238 e. The minimum Gasteiger partial charge on any atom is -0.369 e. The Hall–Kier alpha value is -1.85. The molecule has 0 atom stereocenters. The predicted molar refractivity (Wildman–Crippen MR) is 112 cm³/mol. The third kappa shape index (κ3) is 4.65. The first-order chi connectivity index (χ1) is 12.4. The molecule has 1 heterocycles. The number of benzene rings is 2. The van der Waals surface area contributed by atoms with Crippen LogP contribution in [0, 0.1) is 20.8 Å². The highest BCUT2D eigenvalue weighted by molar-refractivity contribution is 9.10. The van der Waals surface area contributed by atoms with E-state index in [1.165, 1.54) is 11.3 Å². The zero-order valence-electron chi connectivity index (χ0n) is 15.7. The third-order valence-corrected chi connectivity index (χ3v) is 5.40. The van der Waals surface area contributed by atoms with E-state index in [9.17, 15) is 4.79 Å². The van der Waals surface area contributed by atoms with Crippen LogP contribution in [-0.2, 0) is 4.79 Å². The number of carbonyl (C=O) groups is 1. The van der Waals surface area contributed by atoms with Crippen LogP contribution < -0.4 is 10.2 Å². The summed E-state index contributed by atoms with van der Waals surface area (Å²) in [5.41, 5.74) is 5.66. The summed E-state index contributed by atoms with van der Waals surface area (Å²) in [6.45, 7) is 10.3. The lowest BCUT2D eigenvalue weighted by molar-refractivity contribution is -0.117. The first kappa shape index (κ1) is 18.9. The predicted octanol–water partition coefficient (Wildman–Crippen LogP) is 4.14. The Morgan fingerprint density at radius 3 is 2.15 bits per heavy atom. The minimum absolute atomic E-state index is 0.0668. The van der Waals surface area contributed by atoms with Gasteiger partial charge in [-0.05, 0) is 56.2 Å². The summed E-state index contributed by atoms with van der Waals surface area (Å²) >= 11 is 3.48. The monoisotopic (exact) mass is 415 g/mol. The third-order valence-electron chi connectivity index (χ3n) is 4.87. The Morgan fingerprint density at radius 2 is 1.58 bits per heavy atom. The number of nitrogens with zero attached hydrogens (tertiary/aromatic N) is 2. The maximum absolute atomic E-state index is 12.5. The Bertz CT molecular complexity index is 757. The molecule has 0 unspecified atom stereocenters. The van der Waals surface area contributed by atoms with Gasteiger partial charge in [0, 0.05) is 42.0 Å². The van der Waals surface area contributed by atoms with E-state index in [4.69, 9.17) is 0 Å². The second kappa shape index (κ2) is 8.23. The molecule has 1 saturated heterocycles. The van der Waals surface area contributed by atoms with E-state index in [-0.39, 0.29) is 5.91 Å². The van der Waals surface area contributed by atoms with Gasteiger partial charge in [-0.15, -0.1) is 0 Å². The van der Waals surface area contributed by atoms with Crippen molar-refractivity contribution in [2.75, 3.05) is 42.9 Å². The molecule has 0 radical (unpaired) electrons. The van der Waals surface area contributed by atoms with Gasteiger partial charge in [0.15, 0.2) is 0 Å². The van der Waals surface area contributed by atoms with Crippen LogP contribution in [0.4, 0.5) is 11.4 Å². The molecule has 1 fully saturated rings. The molecule has 26 heavy (non-hydrogen) atoms. The lowest BCUT2D eigenvalue weighted by atomic mass is 10.1. The number of rotatable bonds is 4. The smallest absolute Gasteiger partial charge is 0.238 e. The Labute approximate surface area is 164 Å². The summed E-state index contributed by atoms with van der Waals surface area (Å²) in [7, 11) is 0. The molecule has 138 valence electrons. The minimum atomic E-state index is 0.0668. The van der Waals surface area contributed by atoms with E-state index in [0.29, 0.717) is 6.54 Å². The van der Waals surface area contributed by atoms with E-state index < -0.39 is 0 Å². The first-order valence-corrected chi connectivity index (χ1v) is 9.82. The molecule has 1 aliphatic heterocycles.